The third-order valence-electron chi connectivity index (χ3n) is 1.03. The number of ether oxygens (including phenoxy) is 1. The zero-order valence-corrected chi connectivity index (χ0v) is 9.72. The van der Waals surface area contributed by atoms with Gasteiger partial charge in [0.1, 0.15) is 6.79 Å². The Labute approximate surface area is 72.2 Å². The average molecular weight is 176 g/mol. The zero-order chi connectivity index (χ0) is 8.91. The number of hydrogen-bond acceptors (Lipinski definition) is 2. The molecule has 0 amide bonds. The Morgan fingerprint density at radius 1 is 1.27 bits per heavy atom. The molecular formula is C8H20O2Si. The smallest absolute Gasteiger partial charge is 0.167 e. The topological polar surface area (TPSA) is 18.5 Å². The molecule has 0 aromatic rings. The van der Waals surface area contributed by atoms with E-state index in [9.17, 15) is 0 Å². The highest BCUT2D eigenvalue weighted by molar-refractivity contribution is 6.29. The van der Waals surface area contributed by atoms with Crippen molar-refractivity contribution in [1.29, 1.82) is 0 Å². The minimum Gasteiger partial charge on any atom is -0.402 e. The van der Waals surface area contributed by atoms with Gasteiger partial charge in [0.2, 0.25) is 0 Å². The Balaban J connectivity index is 3.15. The van der Waals surface area contributed by atoms with Crippen LogP contribution in [0.5, 0.6) is 0 Å². The van der Waals surface area contributed by atoms with E-state index < -0.39 is 0 Å². The minimum absolute atomic E-state index is 0.0641. The van der Waals surface area contributed by atoms with Crippen LogP contribution in [0.1, 0.15) is 34.6 Å². The van der Waals surface area contributed by atoms with E-state index in [0.717, 1.165) is 5.54 Å². The number of rotatable bonds is 4. The fourth-order valence-electron chi connectivity index (χ4n) is 0.502. The first-order valence-electron chi connectivity index (χ1n) is 4.13. The van der Waals surface area contributed by atoms with Gasteiger partial charge in [0.25, 0.3) is 0 Å². The summed E-state index contributed by atoms with van der Waals surface area (Å²) in [5, 5.41) is 0. The molecule has 68 valence electrons. The maximum Gasteiger partial charge on any atom is 0.167 e. The number of hydrogen-bond donors (Lipinski definition) is 0. The Kier molecular flexibility index (Phi) is 4.96. The molecule has 0 rings (SSSR count). The van der Waals surface area contributed by atoms with Gasteiger partial charge in [-0.2, -0.15) is 0 Å². The molecule has 0 fully saturated rings. The molecule has 0 saturated heterocycles. The Hall–Kier alpha value is 0.137. The van der Waals surface area contributed by atoms with E-state index in [1.807, 2.05) is 20.8 Å². The van der Waals surface area contributed by atoms with Crippen molar-refractivity contribution in [2.45, 2.75) is 45.8 Å². The molecule has 11 heavy (non-hydrogen) atoms. The molecule has 0 radical (unpaired) electrons. The largest absolute Gasteiger partial charge is 0.402 e. The first-order valence-corrected chi connectivity index (χ1v) is 5.53. The molecule has 2 nitrogen and oxygen atoms in total. The highest BCUT2D eigenvalue weighted by Crippen LogP contribution is 2.06. The van der Waals surface area contributed by atoms with Gasteiger partial charge in [-0.05, 0) is 26.3 Å². The van der Waals surface area contributed by atoms with Crippen LogP contribution < -0.4 is 0 Å². The minimum atomic E-state index is -0.348. The maximum absolute atomic E-state index is 5.39. The summed E-state index contributed by atoms with van der Waals surface area (Å²) in [6.07, 6.45) is 0. The molecule has 0 N–H and O–H groups in total. The lowest BCUT2D eigenvalue weighted by atomic mass is 10.2. The van der Waals surface area contributed by atoms with E-state index in [4.69, 9.17) is 9.16 Å². The average Bonchev–Trinajstić information content (AvgIpc) is 1.78. The SMILES string of the molecule is CC(C)[SiH2]OCOC(C)(C)C. The van der Waals surface area contributed by atoms with Crippen LogP contribution in [0.15, 0.2) is 0 Å². The van der Waals surface area contributed by atoms with E-state index in [-0.39, 0.29) is 15.4 Å². The monoisotopic (exact) mass is 176 g/mol. The van der Waals surface area contributed by atoms with Gasteiger partial charge < -0.3 is 9.16 Å². The van der Waals surface area contributed by atoms with E-state index in [1.165, 1.54) is 0 Å². The molecule has 0 unspecified atom stereocenters. The summed E-state index contributed by atoms with van der Waals surface area (Å²) >= 11 is 0. The molecular weight excluding hydrogens is 156 g/mol. The highest BCUT2D eigenvalue weighted by Gasteiger charge is 2.09. The lowest BCUT2D eigenvalue weighted by Gasteiger charge is -2.19. The molecule has 0 aliphatic heterocycles. The van der Waals surface area contributed by atoms with Crippen LogP contribution in [-0.2, 0) is 9.16 Å². The van der Waals surface area contributed by atoms with Gasteiger partial charge in [0.15, 0.2) is 9.76 Å². The van der Waals surface area contributed by atoms with Gasteiger partial charge in [-0.15, -0.1) is 0 Å². The Bertz CT molecular complexity index is 96.8. The first kappa shape index (κ1) is 11.1. The van der Waals surface area contributed by atoms with Crippen LogP contribution in [0.4, 0.5) is 0 Å². The van der Waals surface area contributed by atoms with Crippen LogP contribution in [0.25, 0.3) is 0 Å². The van der Waals surface area contributed by atoms with E-state index >= 15 is 0 Å². The summed E-state index contributed by atoms with van der Waals surface area (Å²) in [4.78, 5) is 0. The van der Waals surface area contributed by atoms with Gasteiger partial charge in [0, 0.05) is 0 Å². The summed E-state index contributed by atoms with van der Waals surface area (Å²) in [6, 6.07) is 0. The van der Waals surface area contributed by atoms with Crippen molar-refractivity contribution >= 4 is 9.76 Å². The maximum atomic E-state index is 5.39. The lowest BCUT2D eigenvalue weighted by Crippen LogP contribution is -2.22. The molecule has 3 heteroatoms. The van der Waals surface area contributed by atoms with Gasteiger partial charge in [-0.3, -0.25) is 0 Å². The van der Waals surface area contributed by atoms with Crippen molar-refractivity contribution in [2.75, 3.05) is 6.79 Å². The molecule has 0 spiro atoms. The van der Waals surface area contributed by atoms with Gasteiger partial charge in [-0.25, -0.2) is 0 Å². The summed E-state index contributed by atoms with van der Waals surface area (Å²) in [7, 11) is -0.348. The second-order valence-corrected chi connectivity index (χ2v) is 6.51. The van der Waals surface area contributed by atoms with E-state index in [2.05, 4.69) is 13.8 Å². The third-order valence-corrected chi connectivity index (χ3v) is 2.10. The van der Waals surface area contributed by atoms with E-state index in [1.54, 1.807) is 0 Å². The van der Waals surface area contributed by atoms with Crippen molar-refractivity contribution in [3.63, 3.8) is 0 Å². The third kappa shape index (κ3) is 10.1. The Morgan fingerprint density at radius 3 is 2.18 bits per heavy atom. The van der Waals surface area contributed by atoms with Gasteiger partial charge in [-0.1, -0.05) is 13.8 Å². The van der Waals surface area contributed by atoms with Crippen molar-refractivity contribution in [1.82, 2.24) is 0 Å². The fraction of sp³-hybridized carbons (Fsp3) is 1.00. The quantitative estimate of drug-likeness (QED) is 0.369. The molecule has 0 atom stereocenters. The second-order valence-electron chi connectivity index (χ2n) is 4.14. The Morgan fingerprint density at radius 2 is 1.82 bits per heavy atom. The van der Waals surface area contributed by atoms with Gasteiger partial charge >= 0.3 is 0 Å². The van der Waals surface area contributed by atoms with Gasteiger partial charge in [0.05, 0.1) is 5.60 Å². The van der Waals surface area contributed by atoms with Crippen molar-refractivity contribution in [3.05, 3.63) is 0 Å². The van der Waals surface area contributed by atoms with Crippen LogP contribution in [-0.4, -0.2) is 22.2 Å². The summed E-state index contributed by atoms with van der Waals surface area (Å²) < 4.78 is 10.8. The zero-order valence-electron chi connectivity index (χ0n) is 8.31. The predicted octanol–water partition coefficient (Wildman–Crippen LogP) is 1.69. The molecule has 0 aromatic heterocycles. The van der Waals surface area contributed by atoms with Crippen LogP contribution in [0, 0.1) is 0 Å². The normalized spacial score (nSPS) is 13.6. The standard InChI is InChI=1S/C8H20O2Si/c1-7(2)11-10-6-9-8(3,4)5/h7H,6,11H2,1-5H3. The first-order chi connectivity index (χ1) is 4.92. The second kappa shape index (κ2) is 4.90. The molecule has 0 aromatic carbocycles. The molecule has 0 aliphatic carbocycles. The van der Waals surface area contributed by atoms with Crippen LogP contribution in [0.3, 0.4) is 0 Å². The van der Waals surface area contributed by atoms with Crippen molar-refractivity contribution in [3.8, 4) is 0 Å². The van der Waals surface area contributed by atoms with Crippen molar-refractivity contribution < 1.29 is 9.16 Å². The van der Waals surface area contributed by atoms with E-state index in [0.29, 0.717) is 6.79 Å². The molecule has 0 bridgehead atoms. The summed E-state index contributed by atoms with van der Waals surface area (Å²) in [5.74, 6) is 0. The molecule has 0 saturated carbocycles. The fourth-order valence-corrected chi connectivity index (χ4v) is 1.15. The highest BCUT2D eigenvalue weighted by atomic mass is 28.2. The van der Waals surface area contributed by atoms with Crippen LogP contribution >= 0.6 is 0 Å². The van der Waals surface area contributed by atoms with Crippen molar-refractivity contribution in [2.24, 2.45) is 0 Å². The molecule has 0 heterocycles. The molecule has 0 aliphatic rings. The summed E-state index contributed by atoms with van der Waals surface area (Å²) in [6.45, 7) is 10.9. The van der Waals surface area contributed by atoms with Crippen LogP contribution in [0.2, 0.25) is 5.54 Å². The lowest BCUT2D eigenvalue weighted by molar-refractivity contribution is -0.0758. The summed E-state index contributed by atoms with van der Waals surface area (Å²) in [5.41, 5.74) is 0.657. The predicted molar refractivity (Wildman–Crippen MR) is 50.4 cm³/mol.